The normalized spacial score (nSPS) is 10.5. The van der Waals surface area contributed by atoms with Crippen molar-refractivity contribution < 1.29 is 9.90 Å². The van der Waals surface area contributed by atoms with E-state index in [2.05, 4.69) is 0 Å². The first-order valence-electron chi connectivity index (χ1n) is 6.24. The lowest BCUT2D eigenvalue weighted by Gasteiger charge is -2.26. The van der Waals surface area contributed by atoms with Crippen LogP contribution in [0.25, 0.3) is 0 Å². The molecule has 0 aliphatic carbocycles. The summed E-state index contributed by atoms with van der Waals surface area (Å²) in [6.45, 7) is 4.21. The second-order valence-electron chi connectivity index (χ2n) is 4.64. The van der Waals surface area contributed by atoms with Crippen molar-refractivity contribution >= 4 is 23.1 Å². The zero-order valence-electron chi connectivity index (χ0n) is 11.3. The van der Waals surface area contributed by atoms with Gasteiger partial charge in [0.15, 0.2) is 0 Å². The maximum atomic E-state index is 12.1. The Hall–Kier alpha value is -1.46. The number of nitrogens with two attached hydrogens (primary N) is 1. The van der Waals surface area contributed by atoms with E-state index in [1.165, 1.54) is 0 Å². The van der Waals surface area contributed by atoms with Crippen LogP contribution in [0, 0.1) is 0 Å². The van der Waals surface area contributed by atoms with Gasteiger partial charge in [-0.25, -0.2) is 0 Å². The Balaban J connectivity index is 2.72. The van der Waals surface area contributed by atoms with Crippen LogP contribution in [-0.2, 0) is 11.2 Å². The minimum Gasteiger partial charge on any atom is -0.395 e. The van der Waals surface area contributed by atoms with Crippen molar-refractivity contribution in [2.24, 2.45) is 5.73 Å². The van der Waals surface area contributed by atoms with Crippen molar-refractivity contribution in [1.29, 1.82) is 0 Å². The summed E-state index contributed by atoms with van der Waals surface area (Å²) in [4.78, 5) is 14.1. The van der Waals surface area contributed by atoms with Crippen molar-refractivity contribution in [3.8, 4) is 0 Å². The second-order valence-corrected chi connectivity index (χ2v) is 5.08. The highest BCUT2D eigenvalue weighted by Gasteiger charge is 2.16. The minimum atomic E-state index is -0.0235. The third kappa shape index (κ3) is 4.61. The molecule has 1 aromatic rings. The Kier molecular flexibility index (Phi) is 5.92. The number of hydrogen-bond acceptors (Lipinski definition) is 3. The number of nitrogens with zero attached hydrogens (tertiary/aromatic N) is 1. The third-order valence-electron chi connectivity index (χ3n) is 2.88. The molecule has 0 heterocycles. The molecule has 0 radical (unpaired) electrons. The first kappa shape index (κ1) is 15.6. The average Bonchev–Trinajstić information content (AvgIpc) is 2.36. The summed E-state index contributed by atoms with van der Waals surface area (Å²) in [5, 5.41) is 8.98. The molecule has 5 heteroatoms. The molecule has 0 atom stereocenters. The van der Waals surface area contributed by atoms with Crippen LogP contribution in [0.2, 0.25) is 0 Å². The smallest absolute Gasteiger partial charge is 0.227 e. The van der Waals surface area contributed by atoms with Gasteiger partial charge in [0.25, 0.3) is 0 Å². The molecule has 0 spiro atoms. The van der Waals surface area contributed by atoms with Crippen LogP contribution < -0.4 is 5.73 Å². The zero-order valence-corrected chi connectivity index (χ0v) is 12.1. The van der Waals surface area contributed by atoms with E-state index < -0.39 is 0 Å². The third-order valence-corrected chi connectivity index (χ3v) is 3.11. The fourth-order valence-corrected chi connectivity index (χ4v) is 1.98. The summed E-state index contributed by atoms with van der Waals surface area (Å²) in [5.74, 6) is 0.00660. The van der Waals surface area contributed by atoms with Crippen molar-refractivity contribution in [3.63, 3.8) is 0 Å². The van der Waals surface area contributed by atoms with E-state index in [-0.39, 0.29) is 18.6 Å². The van der Waals surface area contributed by atoms with Gasteiger partial charge in [0.1, 0.15) is 4.99 Å². The lowest BCUT2D eigenvalue weighted by Crippen LogP contribution is -2.39. The van der Waals surface area contributed by atoms with Gasteiger partial charge >= 0.3 is 0 Å². The summed E-state index contributed by atoms with van der Waals surface area (Å²) >= 11 is 4.88. The van der Waals surface area contributed by atoms with Crippen LogP contribution in [-0.4, -0.2) is 40.1 Å². The summed E-state index contributed by atoms with van der Waals surface area (Å²) in [6, 6.07) is 7.41. The maximum Gasteiger partial charge on any atom is 0.227 e. The largest absolute Gasteiger partial charge is 0.395 e. The molecule has 0 saturated carbocycles. The molecule has 19 heavy (non-hydrogen) atoms. The Labute approximate surface area is 119 Å². The van der Waals surface area contributed by atoms with Crippen LogP contribution in [0.15, 0.2) is 24.3 Å². The molecule has 0 fully saturated rings. The number of carbonyl (C=O) groups excluding carboxylic acids is 1. The molecular weight excluding hydrogens is 260 g/mol. The van der Waals surface area contributed by atoms with Crippen LogP contribution in [0.1, 0.15) is 25.0 Å². The predicted molar refractivity (Wildman–Crippen MR) is 80.0 cm³/mol. The van der Waals surface area contributed by atoms with E-state index in [1.54, 1.807) is 4.90 Å². The first-order valence-corrected chi connectivity index (χ1v) is 6.65. The van der Waals surface area contributed by atoms with E-state index in [0.717, 1.165) is 11.1 Å². The highest BCUT2D eigenvalue weighted by molar-refractivity contribution is 7.80. The lowest BCUT2D eigenvalue weighted by molar-refractivity contribution is -0.132. The fraction of sp³-hybridized carbons (Fsp3) is 0.429. The number of benzene rings is 1. The molecule has 0 aliphatic heterocycles. The number of thiocarbonyl (C=S) groups is 1. The van der Waals surface area contributed by atoms with E-state index in [9.17, 15) is 4.79 Å². The molecule has 0 aliphatic rings. The molecule has 3 N–H and O–H groups in total. The van der Waals surface area contributed by atoms with E-state index >= 15 is 0 Å². The van der Waals surface area contributed by atoms with Crippen molar-refractivity contribution in [2.45, 2.75) is 26.3 Å². The van der Waals surface area contributed by atoms with E-state index in [4.69, 9.17) is 23.1 Å². The number of amides is 1. The molecule has 0 unspecified atom stereocenters. The number of aliphatic hydroxyl groups is 1. The Morgan fingerprint density at radius 3 is 2.37 bits per heavy atom. The van der Waals surface area contributed by atoms with Gasteiger partial charge < -0.3 is 15.7 Å². The van der Waals surface area contributed by atoms with Gasteiger partial charge in [0, 0.05) is 18.2 Å². The molecule has 1 amide bonds. The highest BCUT2D eigenvalue weighted by atomic mass is 32.1. The number of rotatable bonds is 6. The van der Waals surface area contributed by atoms with Gasteiger partial charge in [-0.2, -0.15) is 0 Å². The monoisotopic (exact) mass is 280 g/mol. The van der Waals surface area contributed by atoms with Crippen molar-refractivity contribution in [1.82, 2.24) is 4.90 Å². The molecule has 1 aromatic carbocycles. The quantitative estimate of drug-likeness (QED) is 0.766. The van der Waals surface area contributed by atoms with Crippen molar-refractivity contribution in [2.75, 3.05) is 13.2 Å². The molecule has 0 aromatic heterocycles. The Bertz CT molecular complexity index is 443. The van der Waals surface area contributed by atoms with Gasteiger partial charge in [-0.05, 0) is 19.4 Å². The van der Waals surface area contributed by atoms with Gasteiger partial charge in [0.2, 0.25) is 5.91 Å². The average molecular weight is 280 g/mol. The van der Waals surface area contributed by atoms with Gasteiger partial charge in [-0.15, -0.1) is 0 Å². The highest BCUT2D eigenvalue weighted by Crippen LogP contribution is 2.08. The van der Waals surface area contributed by atoms with Crippen molar-refractivity contribution in [3.05, 3.63) is 35.4 Å². The van der Waals surface area contributed by atoms with Gasteiger partial charge in [-0.1, -0.05) is 36.5 Å². The molecule has 1 rings (SSSR count). The van der Waals surface area contributed by atoms with Crippen LogP contribution in [0.4, 0.5) is 0 Å². The van der Waals surface area contributed by atoms with Crippen LogP contribution >= 0.6 is 12.2 Å². The topological polar surface area (TPSA) is 66.6 Å². The summed E-state index contributed by atoms with van der Waals surface area (Å²) < 4.78 is 0. The molecule has 104 valence electrons. The second kappa shape index (κ2) is 7.21. The molecule has 4 nitrogen and oxygen atoms in total. The Morgan fingerprint density at radius 1 is 1.37 bits per heavy atom. The maximum absolute atomic E-state index is 12.1. The SMILES string of the molecule is CC(C)N(CCO)C(=O)Cc1ccc(C(N)=S)cc1. The first-order chi connectivity index (χ1) is 8.95. The summed E-state index contributed by atoms with van der Waals surface area (Å²) in [5.41, 5.74) is 7.23. The number of aliphatic hydroxyl groups excluding tert-OH is 1. The lowest BCUT2D eigenvalue weighted by atomic mass is 10.1. The summed E-state index contributed by atoms with van der Waals surface area (Å²) in [6.07, 6.45) is 0.315. The van der Waals surface area contributed by atoms with E-state index in [1.807, 2.05) is 38.1 Å². The Morgan fingerprint density at radius 2 is 1.95 bits per heavy atom. The fourth-order valence-electron chi connectivity index (χ4n) is 1.84. The summed E-state index contributed by atoms with van der Waals surface area (Å²) in [7, 11) is 0. The molecule has 0 bridgehead atoms. The number of hydrogen-bond donors (Lipinski definition) is 2. The standard InChI is InChI=1S/C14H20N2O2S/c1-10(2)16(7-8-17)13(18)9-11-3-5-12(6-4-11)14(15)19/h3-6,10,17H,7-9H2,1-2H3,(H2,15,19). The van der Waals surface area contributed by atoms with Crippen LogP contribution in [0.5, 0.6) is 0 Å². The van der Waals surface area contributed by atoms with Gasteiger partial charge in [-0.3, -0.25) is 4.79 Å². The van der Waals surface area contributed by atoms with Crippen LogP contribution in [0.3, 0.4) is 0 Å². The number of carbonyl (C=O) groups is 1. The van der Waals surface area contributed by atoms with Gasteiger partial charge in [0.05, 0.1) is 13.0 Å². The zero-order chi connectivity index (χ0) is 14.4. The predicted octanol–water partition coefficient (Wildman–Crippen LogP) is 1.09. The minimum absolute atomic E-state index is 0.00660. The molecular formula is C14H20N2O2S. The van der Waals surface area contributed by atoms with E-state index in [0.29, 0.717) is 18.0 Å². The molecule has 0 saturated heterocycles.